The number of aromatic nitrogens is 2. The summed E-state index contributed by atoms with van der Waals surface area (Å²) in [5.74, 6) is 0. The van der Waals surface area contributed by atoms with Gasteiger partial charge >= 0.3 is 0 Å². The smallest absolute Gasteiger partial charge is 0.107 e. The highest BCUT2D eigenvalue weighted by Crippen LogP contribution is 2.16. The van der Waals surface area contributed by atoms with Crippen LogP contribution >= 0.6 is 11.7 Å². The summed E-state index contributed by atoms with van der Waals surface area (Å²) in [6, 6.07) is 6.13. The van der Waals surface area contributed by atoms with Crippen molar-refractivity contribution in [1.82, 2.24) is 8.75 Å². The molecule has 0 atom stereocenters. The second kappa shape index (κ2) is 4.92. The van der Waals surface area contributed by atoms with Crippen LogP contribution in [-0.2, 0) is 6.42 Å². The summed E-state index contributed by atoms with van der Waals surface area (Å²) in [6.07, 6.45) is 1.03. The summed E-state index contributed by atoms with van der Waals surface area (Å²) >= 11 is 1.28. The Morgan fingerprint density at radius 2 is 2.00 bits per heavy atom. The van der Waals surface area contributed by atoms with E-state index >= 15 is 0 Å². The van der Waals surface area contributed by atoms with Crippen LogP contribution in [0.5, 0.6) is 0 Å². The highest BCUT2D eigenvalue weighted by atomic mass is 32.1. The molecule has 2 rings (SSSR count). The van der Waals surface area contributed by atoms with Gasteiger partial charge in [0.25, 0.3) is 0 Å². The lowest BCUT2D eigenvalue weighted by molar-refractivity contribution is 1.15. The van der Waals surface area contributed by atoms with Gasteiger partial charge < -0.3 is 0 Å². The molecule has 0 radical (unpaired) electrons. The van der Waals surface area contributed by atoms with Gasteiger partial charge in [-0.05, 0) is 18.1 Å². The Bertz CT molecular complexity index is 368. The van der Waals surface area contributed by atoms with Crippen LogP contribution in [0.2, 0.25) is 0 Å². The number of nitrogens with zero attached hydrogens (tertiary/aromatic N) is 2. The first-order valence-electron chi connectivity index (χ1n) is 4.62. The van der Waals surface area contributed by atoms with Crippen LogP contribution in [0.4, 0.5) is 0 Å². The van der Waals surface area contributed by atoms with Gasteiger partial charge in [0.1, 0.15) is 11.0 Å². The fraction of sp³-hybridized carbons (Fsp3) is 0.400. The average molecular weight is 194 g/mol. The van der Waals surface area contributed by atoms with Gasteiger partial charge in [0.05, 0.1) is 11.7 Å². The maximum Gasteiger partial charge on any atom is 0.107 e. The molecular formula is C10H14N2S. The Kier molecular flexibility index (Phi) is 3.83. The Hall–Kier alpha value is -0.960. The number of benzene rings is 1. The van der Waals surface area contributed by atoms with Crippen molar-refractivity contribution in [3.63, 3.8) is 0 Å². The Morgan fingerprint density at radius 1 is 1.23 bits per heavy atom. The minimum absolute atomic E-state index is 1.02. The first-order valence-corrected chi connectivity index (χ1v) is 5.35. The lowest BCUT2D eigenvalue weighted by Crippen LogP contribution is -1.80. The molecule has 0 aliphatic carbocycles. The highest BCUT2D eigenvalue weighted by Gasteiger charge is 2.00. The molecule has 13 heavy (non-hydrogen) atoms. The molecule has 3 heteroatoms. The predicted molar refractivity (Wildman–Crippen MR) is 58.1 cm³/mol. The lowest BCUT2D eigenvalue weighted by Gasteiger charge is -1.93. The minimum atomic E-state index is 1.02. The summed E-state index contributed by atoms with van der Waals surface area (Å²) in [5.41, 5.74) is 3.38. The molecule has 0 fully saturated rings. The summed E-state index contributed by atoms with van der Waals surface area (Å²) in [5, 5.41) is 0. The molecular weight excluding hydrogens is 180 g/mol. The maximum absolute atomic E-state index is 4.22. The second-order valence-corrected chi connectivity index (χ2v) is 2.93. The fourth-order valence-corrected chi connectivity index (χ4v) is 1.72. The number of hydrogen-bond acceptors (Lipinski definition) is 3. The first-order chi connectivity index (χ1) is 6.42. The van der Waals surface area contributed by atoms with Crippen molar-refractivity contribution in [3.05, 3.63) is 23.8 Å². The van der Waals surface area contributed by atoms with Crippen LogP contribution in [0.25, 0.3) is 11.0 Å². The van der Waals surface area contributed by atoms with E-state index in [9.17, 15) is 0 Å². The van der Waals surface area contributed by atoms with E-state index in [2.05, 4.69) is 21.7 Å². The Balaban J connectivity index is 0.000000396. The molecule has 1 aromatic heterocycles. The van der Waals surface area contributed by atoms with Gasteiger partial charge in [0.2, 0.25) is 0 Å². The maximum atomic E-state index is 4.22. The molecule has 2 nitrogen and oxygen atoms in total. The van der Waals surface area contributed by atoms with E-state index in [1.807, 2.05) is 26.0 Å². The molecule has 0 aliphatic heterocycles. The van der Waals surface area contributed by atoms with Crippen LogP contribution in [-0.4, -0.2) is 8.75 Å². The van der Waals surface area contributed by atoms with Gasteiger partial charge in [0.15, 0.2) is 0 Å². The third kappa shape index (κ3) is 2.04. The molecule has 70 valence electrons. The molecule has 0 saturated heterocycles. The molecule has 0 amide bonds. The van der Waals surface area contributed by atoms with Crippen molar-refractivity contribution in [2.24, 2.45) is 0 Å². The van der Waals surface area contributed by atoms with Crippen LogP contribution in [0.3, 0.4) is 0 Å². The molecule has 0 spiro atoms. The van der Waals surface area contributed by atoms with Crippen molar-refractivity contribution in [2.75, 3.05) is 0 Å². The molecule has 0 aliphatic rings. The van der Waals surface area contributed by atoms with E-state index in [1.165, 1.54) is 17.3 Å². The normalized spacial score (nSPS) is 9.46. The van der Waals surface area contributed by atoms with Gasteiger partial charge in [-0.15, -0.1) is 0 Å². The molecule has 2 aromatic rings. The quantitative estimate of drug-likeness (QED) is 0.696. The number of hydrogen-bond donors (Lipinski definition) is 0. The molecule has 0 N–H and O–H groups in total. The predicted octanol–water partition coefficient (Wildman–Crippen LogP) is 3.28. The number of aryl methyl sites for hydroxylation is 1. The van der Waals surface area contributed by atoms with Crippen molar-refractivity contribution in [2.45, 2.75) is 27.2 Å². The molecule has 0 bridgehead atoms. The summed E-state index contributed by atoms with van der Waals surface area (Å²) < 4.78 is 8.38. The highest BCUT2D eigenvalue weighted by molar-refractivity contribution is 7.00. The number of fused-ring (bicyclic) bond motifs is 1. The van der Waals surface area contributed by atoms with Gasteiger partial charge in [-0.1, -0.05) is 32.9 Å². The van der Waals surface area contributed by atoms with Crippen molar-refractivity contribution < 1.29 is 0 Å². The fourth-order valence-electron chi connectivity index (χ4n) is 1.15. The van der Waals surface area contributed by atoms with E-state index in [0.717, 1.165) is 17.5 Å². The SMILES string of the molecule is CC.CCc1cccc2nsnc12. The molecule has 0 unspecified atom stereocenters. The third-order valence-corrected chi connectivity index (χ3v) is 2.29. The van der Waals surface area contributed by atoms with Crippen molar-refractivity contribution in [3.8, 4) is 0 Å². The second-order valence-electron chi connectivity index (χ2n) is 2.40. The Labute approximate surface area is 82.9 Å². The lowest BCUT2D eigenvalue weighted by atomic mass is 10.1. The summed E-state index contributed by atoms with van der Waals surface area (Å²) in [7, 11) is 0. The van der Waals surface area contributed by atoms with E-state index in [-0.39, 0.29) is 0 Å². The largest absolute Gasteiger partial charge is 0.173 e. The average Bonchev–Trinajstić information content (AvgIpc) is 2.68. The van der Waals surface area contributed by atoms with Gasteiger partial charge in [-0.25, -0.2) is 0 Å². The van der Waals surface area contributed by atoms with Crippen LogP contribution in [0.15, 0.2) is 18.2 Å². The Morgan fingerprint density at radius 3 is 2.69 bits per heavy atom. The van der Waals surface area contributed by atoms with Gasteiger partial charge in [-0.3, -0.25) is 0 Å². The zero-order valence-corrected chi connectivity index (χ0v) is 9.06. The topological polar surface area (TPSA) is 25.8 Å². The zero-order valence-electron chi connectivity index (χ0n) is 8.24. The van der Waals surface area contributed by atoms with Crippen LogP contribution in [0.1, 0.15) is 26.3 Å². The number of rotatable bonds is 1. The first kappa shape index (κ1) is 10.1. The monoisotopic (exact) mass is 194 g/mol. The van der Waals surface area contributed by atoms with E-state index in [1.54, 1.807) is 0 Å². The van der Waals surface area contributed by atoms with Gasteiger partial charge in [-0.2, -0.15) is 8.75 Å². The van der Waals surface area contributed by atoms with Crippen molar-refractivity contribution in [1.29, 1.82) is 0 Å². The zero-order chi connectivity index (χ0) is 9.68. The van der Waals surface area contributed by atoms with Gasteiger partial charge in [0, 0.05) is 0 Å². The standard InChI is InChI=1S/C8H8N2S.C2H6/c1-2-6-4-3-5-7-8(6)10-11-9-7;1-2/h3-5H,2H2,1H3;1-2H3. The van der Waals surface area contributed by atoms with Crippen LogP contribution < -0.4 is 0 Å². The summed E-state index contributed by atoms with van der Waals surface area (Å²) in [4.78, 5) is 0. The van der Waals surface area contributed by atoms with E-state index in [4.69, 9.17) is 0 Å². The summed E-state index contributed by atoms with van der Waals surface area (Å²) in [6.45, 7) is 6.13. The van der Waals surface area contributed by atoms with Crippen molar-refractivity contribution >= 4 is 22.8 Å². The van der Waals surface area contributed by atoms with E-state index in [0.29, 0.717) is 0 Å². The molecule has 0 saturated carbocycles. The minimum Gasteiger partial charge on any atom is -0.173 e. The van der Waals surface area contributed by atoms with E-state index < -0.39 is 0 Å². The van der Waals surface area contributed by atoms with Crippen LogP contribution in [0, 0.1) is 0 Å². The molecule has 1 aromatic carbocycles. The third-order valence-electron chi connectivity index (χ3n) is 1.75. The molecule has 1 heterocycles.